The Hall–Kier alpha value is -0.340. The Labute approximate surface area is 101 Å². The van der Waals surface area contributed by atoms with Crippen LogP contribution in [0.25, 0.3) is 5.57 Å². The normalized spacial score (nSPS) is 17.6. The second-order valence-electron chi connectivity index (χ2n) is 3.70. The number of hydrogen-bond donors (Lipinski definition) is 0. The van der Waals surface area contributed by atoms with Crippen LogP contribution in [-0.4, -0.2) is 16.1 Å². The van der Waals surface area contributed by atoms with E-state index in [-0.39, 0.29) is 0 Å². The van der Waals surface area contributed by atoms with Gasteiger partial charge < -0.3 is 0 Å². The third-order valence-corrected chi connectivity index (χ3v) is 5.43. The summed E-state index contributed by atoms with van der Waals surface area (Å²) in [5.74, 6) is 2.64. The van der Waals surface area contributed by atoms with E-state index < -0.39 is 0 Å². The van der Waals surface area contributed by atoms with Gasteiger partial charge in [-0.05, 0) is 35.5 Å². The maximum atomic E-state index is 4.19. The molecule has 0 N–H and O–H groups in total. The maximum absolute atomic E-state index is 4.19. The molecule has 2 rings (SSSR count). The first-order valence-corrected chi connectivity index (χ1v) is 7.42. The molecule has 0 aromatic heterocycles. The van der Waals surface area contributed by atoms with Gasteiger partial charge in [-0.2, -0.15) is 0 Å². The van der Waals surface area contributed by atoms with E-state index in [4.69, 9.17) is 0 Å². The quantitative estimate of drug-likeness (QED) is 0.768. The highest BCUT2D eigenvalue weighted by Gasteiger charge is 2.15. The molecule has 1 aromatic carbocycles. The van der Waals surface area contributed by atoms with Crippen LogP contribution in [0.15, 0.2) is 36.9 Å². The lowest BCUT2D eigenvalue weighted by Crippen LogP contribution is -2.06. The molecule has 0 spiro atoms. The highest BCUT2D eigenvalue weighted by atomic mass is 32.2. The van der Waals surface area contributed by atoms with Crippen molar-refractivity contribution in [3.8, 4) is 0 Å². The molecule has 1 saturated heterocycles. The zero-order valence-electron chi connectivity index (χ0n) is 8.82. The monoisotopic (exact) mass is 236 g/mol. The van der Waals surface area contributed by atoms with Crippen LogP contribution in [0, 0.1) is 0 Å². The molecule has 0 saturated carbocycles. The average Bonchev–Trinajstić information content (AvgIpc) is 2.31. The third-order valence-electron chi connectivity index (χ3n) is 2.49. The molecule has 1 aliphatic heterocycles. The van der Waals surface area contributed by atoms with Crippen LogP contribution >= 0.6 is 23.5 Å². The van der Waals surface area contributed by atoms with E-state index in [0.29, 0.717) is 0 Å². The zero-order chi connectivity index (χ0) is 10.5. The minimum atomic E-state index is 0.728. The first-order valence-electron chi connectivity index (χ1n) is 5.32. The van der Waals surface area contributed by atoms with Gasteiger partial charge in [-0.1, -0.05) is 36.9 Å². The molecule has 2 heteroatoms. The molecule has 1 aromatic rings. The van der Waals surface area contributed by atoms with Gasteiger partial charge in [0.15, 0.2) is 0 Å². The van der Waals surface area contributed by atoms with E-state index in [0.717, 1.165) is 11.0 Å². The van der Waals surface area contributed by atoms with Crippen LogP contribution < -0.4 is 0 Å². The van der Waals surface area contributed by atoms with E-state index in [1.807, 2.05) is 0 Å². The largest absolute Gasteiger partial charge is 0.147 e. The number of benzene rings is 1. The Morgan fingerprint density at radius 1 is 1.20 bits per heavy atom. The molecule has 1 aliphatic rings. The van der Waals surface area contributed by atoms with Crippen LogP contribution in [0.2, 0.25) is 0 Å². The summed E-state index contributed by atoms with van der Waals surface area (Å²) >= 11 is 4.18. The Kier molecular flexibility index (Phi) is 4.21. The Morgan fingerprint density at radius 3 is 2.53 bits per heavy atom. The molecule has 0 atom stereocenters. The van der Waals surface area contributed by atoms with Gasteiger partial charge in [0.2, 0.25) is 0 Å². The van der Waals surface area contributed by atoms with E-state index in [1.165, 1.54) is 29.1 Å². The summed E-state index contributed by atoms with van der Waals surface area (Å²) in [6.45, 7) is 4.19. The van der Waals surface area contributed by atoms with Crippen LogP contribution in [0.3, 0.4) is 0 Å². The molecule has 1 heterocycles. The van der Waals surface area contributed by atoms with Crippen LogP contribution in [0.1, 0.15) is 18.4 Å². The van der Waals surface area contributed by atoms with Crippen molar-refractivity contribution in [3.63, 3.8) is 0 Å². The molecule has 0 aliphatic carbocycles. The molecule has 15 heavy (non-hydrogen) atoms. The Balaban J connectivity index is 1.91. The number of allylic oxidation sites excluding steroid dienone is 1. The van der Waals surface area contributed by atoms with Crippen molar-refractivity contribution >= 4 is 29.1 Å². The molecule has 0 amide bonds. The number of hydrogen-bond acceptors (Lipinski definition) is 2. The summed E-state index contributed by atoms with van der Waals surface area (Å²) in [5, 5.41) is 0. The Morgan fingerprint density at radius 2 is 1.87 bits per heavy atom. The summed E-state index contributed by atoms with van der Waals surface area (Å²) in [4.78, 5) is 0. The van der Waals surface area contributed by atoms with Crippen molar-refractivity contribution < 1.29 is 0 Å². The van der Waals surface area contributed by atoms with E-state index >= 15 is 0 Å². The molecule has 0 bridgehead atoms. The molecular weight excluding hydrogens is 220 g/mol. The zero-order valence-corrected chi connectivity index (χ0v) is 10.4. The lowest BCUT2D eigenvalue weighted by atomic mass is 10.1. The fourth-order valence-corrected chi connectivity index (χ4v) is 4.58. The van der Waals surface area contributed by atoms with Crippen molar-refractivity contribution in [3.05, 3.63) is 42.5 Å². The molecule has 1 fully saturated rings. The smallest absolute Gasteiger partial charge is 0.0542 e. The molecule has 0 nitrogen and oxygen atoms in total. The SMILES string of the molecule is C=C(CC1SCCCS1)c1ccccc1. The van der Waals surface area contributed by atoms with Gasteiger partial charge in [0, 0.05) is 0 Å². The van der Waals surface area contributed by atoms with Gasteiger partial charge in [-0.25, -0.2) is 0 Å². The van der Waals surface area contributed by atoms with Gasteiger partial charge in [-0.3, -0.25) is 0 Å². The van der Waals surface area contributed by atoms with Gasteiger partial charge in [0.1, 0.15) is 0 Å². The van der Waals surface area contributed by atoms with E-state index in [2.05, 4.69) is 60.4 Å². The minimum Gasteiger partial charge on any atom is -0.147 e. The van der Waals surface area contributed by atoms with Gasteiger partial charge in [0.05, 0.1) is 4.58 Å². The summed E-state index contributed by atoms with van der Waals surface area (Å²) < 4.78 is 0.728. The molecular formula is C13H16S2. The first-order chi connectivity index (χ1) is 7.36. The lowest BCUT2D eigenvalue weighted by molar-refractivity contribution is 1.07. The standard InChI is InChI=1S/C13H16S2/c1-11(12-6-3-2-4-7-12)10-13-14-8-5-9-15-13/h2-4,6-7,13H,1,5,8-10H2. The van der Waals surface area contributed by atoms with Crippen LogP contribution in [-0.2, 0) is 0 Å². The van der Waals surface area contributed by atoms with Crippen LogP contribution in [0.5, 0.6) is 0 Å². The average molecular weight is 236 g/mol. The number of rotatable bonds is 3. The van der Waals surface area contributed by atoms with Crippen molar-refractivity contribution in [2.24, 2.45) is 0 Å². The number of thioether (sulfide) groups is 2. The van der Waals surface area contributed by atoms with Crippen LogP contribution in [0.4, 0.5) is 0 Å². The van der Waals surface area contributed by atoms with Gasteiger partial charge in [-0.15, -0.1) is 23.5 Å². The molecule has 80 valence electrons. The van der Waals surface area contributed by atoms with Crippen molar-refractivity contribution in [2.45, 2.75) is 17.4 Å². The van der Waals surface area contributed by atoms with E-state index in [9.17, 15) is 0 Å². The van der Waals surface area contributed by atoms with Crippen molar-refractivity contribution in [1.29, 1.82) is 0 Å². The fourth-order valence-electron chi connectivity index (χ4n) is 1.65. The van der Waals surface area contributed by atoms with Gasteiger partial charge >= 0.3 is 0 Å². The maximum Gasteiger partial charge on any atom is 0.0542 e. The highest BCUT2D eigenvalue weighted by molar-refractivity contribution is 8.17. The summed E-state index contributed by atoms with van der Waals surface area (Å²) in [7, 11) is 0. The molecule has 0 unspecified atom stereocenters. The first kappa shape index (κ1) is 11.2. The Bertz CT molecular complexity index is 313. The highest BCUT2D eigenvalue weighted by Crippen LogP contribution is 2.36. The predicted molar refractivity (Wildman–Crippen MR) is 73.4 cm³/mol. The molecule has 0 radical (unpaired) electrons. The predicted octanol–water partition coefficient (Wildman–Crippen LogP) is 4.29. The summed E-state index contributed by atoms with van der Waals surface area (Å²) in [5.41, 5.74) is 2.58. The summed E-state index contributed by atoms with van der Waals surface area (Å²) in [6.07, 6.45) is 2.49. The van der Waals surface area contributed by atoms with Gasteiger partial charge in [0.25, 0.3) is 0 Å². The third kappa shape index (κ3) is 3.32. The fraction of sp³-hybridized carbons (Fsp3) is 0.385. The summed E-state index contributed by atoms with van der Waals surface area (Å²) in [6, 6.07) is 10.5. The topological polar surface area (TPSA) is 0 Å². The minimum absolute atomic E-state index is 0.728. The second kappa shape index (κ2) is 5.66. The second-order valence-corrected chi connectivity index (χ2v) is 6.62. The van der Waals surface area contributed by atoms with Crippen molar-refractivity contribution in [1.82, 2.24) is 0 Å². The lowest BCUT2D eigenvalue weighted by Gasteiger charge is -2.21. The van der Waals surface area contributed by atoms with E-state index in [1.54, 1.807) is 0 Å². The van der Waals surface area contributed by atoms with Crippen molar-refractivity contribution in [2.75, 3.05) is 11.5 Å².